The molecule has 0 atom stereocenters. The second-order valence-electron chi connectivity index (χ2n) is 2.21. The molecular weight excluding hydrogens is 142 g/mol. The summed E-state index contributed by atoms with van der Waals surface area (Å²) in [5, 5.41) is 3.15. The molecule has 0 aliphatic carbocycles. The van der Waals surface area contributed by atoms with Crippen LogP contribution in [-0.4, -0.2) is 4.98 Å². The fourth-order valence-corrected chi connectivity index (χ4v) is 1.30. The van der Waals surface area contributed by atoms with E-state index in [0.29, 0.717) is 0 Å². The summed E-state index contributed by atoms with van der Waals surface area (Å²) in [5.74, 6) is 0. The molecule has 2 heteroatoms. The maximum atomic E-state index is 5.03. The average Bonchev–Trinajstić information content (AvgIpc) is 2.34. The van der Waals surface area contributed by atoms with E-state index in [0.717, 1.165) is 10.4 Å². The lowest BCUT2D eigenvalue weighted by atomic mass is 10.2. The van der Waals surface area contributed by atoms with Crippen LogP contribution in [0.3, 0.4) is 0 Å². The number of rotatable bonds is 0. The average molecular weight is 148 g/mol. The molecule has 49 valence electrons. The molecule has 2 rings (SSSR count). The highest BCUT2D eigenvalue weighted by Crippen LogP contribution is 2.19. The number of hydrogen-bond acceptors (Lipinski definition) is 0. The van der Waals surface area contributed by atoms with E-state index in [1.165, 1.54) is 5.39 Å². The van der Waals surface area contributed by atoms with Crippen molar-refractivity contribution in [2.24, 2.45) is 0 Å². The van der Waals surface area contributed by atoms with E-state index in [-0.39, 0.29) is 0 Å². The second-order valence-corrected chi connectivity index (χ2v) is 2.61. The first-order valence-electron chi connectivity index (χ1n) is 3.11. The molecule has 0 unspecified atom stereocenters. The number of fused-ring (bicyclic) bond motifs is 1. The van der Waals surface area contributed by atoms with Crippen molar-refractivity contribution in [3.05, 3.63) is 30.5 Å². The van der Waals surface area contributed by atoms with Crippen molar-refractivity contribution in [2.45, 2.75) is 5.03 Å². The van der Waals surface area contributed by atoms with E-state index in [1.54, 1.807) is 0 Å². The van der Waals surface area contributed by atoms with Crippen molar-refractivity contribution < 1.29 is 0 Å². The van der Waals surface area contributed by atoms with Gasteiger partial charge in [0.2, 0.25) is 0 Å². The van der Waals surface area contributed by atoms with Gasteiger partial charge in [0.1, 0.15) is 5.03 Å². The third kappa shape index (κ3) is 0.693. The van der Waals surface area contributed by atoms with Crippen molar-refractivity contribution in [2.75, 3.05) is 0 Å². The Labute approximate surface area is 64.5 Å². The smallest absolute Gasteiger partial charge is 0.111 e. The number of benzene rings is 1. The lowest BCUT2D eigenvalue weighted by Crippen LogP contribution is -1.61. The van der Waals surface area contributed by atoms with Crippen LogP contribution >= 0.6 is 12.6 Å². The van der Waals surface area contributed by atoms with E-state index in [2.05, 4.69) is 4.98 Å². The summed E-state index contributed by atoms with van der Waals surface area (Å²) in [6.07, 6.45) is 1.93. The van der Waals surface area contributed by atoms with Gasteiger partial charge < -0.3 is 4.98 Å². The lowest BCUT2D eigenvalue weighted by Gasteiger charge is -1.85. The molecular formula is C8H6NS. The normalized spacial score (nSPS) is 10.4. The third-order valence-electron chi connectivity index (χ3n) is 1.56. The van der Waals surface area contributed by atoms with Gasteiger partial charge in [0, 0.05) is 17.0 Å². The first-order chi connectivity index (χ1) is 4.88. The molecule has 2 aromatic rings. The van der Waals surface area contributed by atoms with Crippen LogP contribution in [0, 0.1) is 0 Å². The van der Waals surface area contributed by atoms with Gasteiger partial charge in [-0.15, -0.1) is 0 Å². The Balaban J connectivity index is 2.93. The molecule has 1 aromatic carbocycles. The van der Waals surface area contributed by atoms with E-state index < -0.39 is 0 Å². The molecule has 0 bridgehead atoms. The fourth-order valence-electron chi connectivity index (χ4n) is 1.05. The monoisotopic (exact) mass is 148 g/mol. The van der Waals surface area contributed by atoms with Crippen LogP contribution in [0.4, 0.5) is 0 Å². The molecule has 0 fully saturated rings. The number of nitrogens with one attached hydrogen (secondary N) is 1. The topological polar surface area (TPSA) is 15.8 Å². The van der Waals surface area contributed by atoms with Gasteiger partial charge in [-0.25, -0.2) is 0 Å². The van der Waals surface area contributed by atoms with Gasteiger partial charge >= 0.3 is 0 Å². The largest absolute Gasteiger partial charge is 0.352 e. The predicted molar refractivity (Wildman–Crippen MR) is 44.2 cm³/mol. The van der Waals surface area contributed by atoms with Crippen LogP contribution < -0.4 is 0 Å². The second kappa shape index (κ2) is 1.99. The summed E-state index contributed by atoms with van der Waals surface area (Å²) in [5.41, 5.74) is 0. The quantitative estimate of drug-likeness (QED) is 0.591. The van der Waals surface area contributed by atoms with Gasteiger partial charge in [-0.1, -0.05) is 36.9 Å². The summed E-state index contributed by atoms with van der Waals surface area (Å²) < 4.78 is 0. The van der Waals surface area contributed by atoms with E-state index in [1.807, 2.05) is 30.5 Å². The highest BCUT2D eigenvalue weighted by atomic mass is 32.1. The number of hydrogen-bond donors (Lipinski definition) is 1. The zero-order chi connectivity index (χ0) is 6.97. The number of H-pyrrole nitrogens is 1. The van der Waals surface area contributed by atoms with Gasteiger partial charge in [-0.3, -0.25) is 0 Å². The molecule has 1 heterocycles. The Kier molecular flexibility index (Phi) is 1.14. The maximum absolute atomic E-state index is 5.03. The summed E-state index contributed by atoms with van der Waals surface area (Å²) in [6.45, 7) is 0. The van der Waals surface area contributed by atoms with Crippen LogP contribution in [0.1, 0.15) is 0 Å². The molecule has 0 aliphatic rings. The minimum atomic E-state index is 0.829. The molecule has 1 N–H and O–H groups in total. The van der Waals surface area contributed by atoms with Gasteiger partial charge in [-0.05, 0) is 0 Å². The van der Waals surface area contributed by atoms with Crippen LogP contribution in [0.15, 0.2) is 35.5 Å². The molecule has 0 saturated heterocycles. The first-order valence-corrected chi connectivity index (χ1v) is 3.52. The van der Waals surface area contributed by atoms with Gasteiger partial charge in [-0.2, -0.15) is 0 Å². The molecule has 10 heavy (non-hydrogen) atoms. The minimum absolute atomic E-state index is 0.829. The highest BCUT2D eigenvalue weighted by Gasteiger charge is 1.96. The van der Waals surface area contributed by atoms with Gasteiger partial charge in [0.15, 0.2) is 0 Å². The van der Waals surface area contributed by atoms with Crippen molar-refractivity contribution in [1.82, 2.24) is 4.98 Å². The molecule has 0 spiro atoms. The van der Waals surface area contributed by atoms with Crippen LogP contribution in [-0.2, 0) is 0 Å². The van der Waals surface area contributed by atoms with E-state index >= 15 is 0 Å². The van der Waals surface area contributed by atoms with Crippen molar-refractivity contribution in [3.63, 3.8) is 0 Å². The maximum Gasteiger partial charge on any atom is 0.111 e. The van der Waals surface area contributed by atoms with E-state index in [9.17, 15) is 0 Å². The summed E-state index contributed by atoms with van der Waals surface area (Å²) >= 11 is 5.03. The molecule has 1 nitrogen and oxygen atoms in total. The lowest BCUT2D eigenvalue weighted by molar-refractivity contribution is 1.24. The van der Waals surface area contributed by atoms with Crippen molar-refractivity contribution in [3.8, 4) is 0 Å². The van der Waals surface area contributed by atoms with Gasteiger partial charge in [0.05, 0.1) is 0 Å². The van der Waals surface area contributed by atoms with E-state index in [4.69, 9.17) is 12.6 Å². The standard InChI is InChI=1S/C8H6NS/c10-8-7-4-2-1-3-6(7)5-9-8/h1-5,9H. The SMILES string of the molecule is [S]c1[nH]cc2ccccc12. The Morgan fingerprint density at radius 3 is 2.80 bits per heavy atom. The van der Waals surface area contributed by atoms with Crippen molar-refractivity contribution in [1.29, 1.82) is 0 Å². The first kappa shape index (κ1) is 5.74. The number of aromatic nitrogens is 1. The molecule has 1 radical (unpaired) electrons. The molecule has 0 amide bonds. The Morgan fingerprint density at radius 1 is 1.20 bits per heavy atom. The minimum Gasteiger partial charge on any atom is -0.352 e. The summed E-state index contributed by atoms with van der Waals surface area (Å²) in [4.78, 5) is 2.99. The Bertz CT molecular complexity index is 351. The van der Waals surface area contributed by atoms with Crippen LogP contribution in [0.5, 0.6) is 0 Å². The molecule has 0 saturated carbocycles. The zero-order valence-electron chi connectivity index (χ0n) is 5.29. The Morgan fingerprint density at radius 2 is 2.00 bits per heavy atom. The molecule has 1 aromatic heterocycles. The summed E-state index contributed by atoms with van der Waals surface area (Å²) in [6, 6.07) is 8.06. The predicted octanol–water partition coefficient (Wildman–Crippen LogP) is 2.72. The fraction of sp³-hybridized carbons (Fsp3) is 0. The Hall–Kier alpha value is -1.02. The number of aromatic amines is 1. The van der Waals surface area contributed by atoms with Crippen molar-refractivity contribution >= 4 is 23.4 Å². The van der Waals surface area contributed by atoms with Crippen LogP contribution in [0.25, 0.3) is 10.8 Å². The zero-order valence-corrected chi connectivity index (χ0v) is 6.11. The van der Waals surface area contributed by atoms with Gasteiger partial charge in [0.25, 0.3) is 0 Å². The molecule has 0 aliphatic heterocycles. The highest BCUT2D eigenvalue weighted by molar-refractivity contribution is 7.80. The summed E-state index contributed by atoms with van der Waals surface area (Å²) in [7, 11) is 0. The third-order valence-corrected chi connectivity index (χ3v) is 1.90. The van der Waals surface area contributed by atoms with Crippen LogP contribution in [0.2, 0.25) is 0 Å².